The van der Waals surface area contributed by atoms with Gasteiger partial charge in [-0.25, -0.2) is 4.39 Å². The highest BCUT2D eigenvalue weighted by Gasteiger charge is 2.24. The number of aliphatic hydroxyl groups is 1. The van der Waals surface area contributed by atoms with Gasteiger partial charge in [-0.3, -0.25) is 0 Å². The fourth-order valence-corrected chi connectivity index (χ4v) is 1.10. The molecule has 1 aliphatic carbocycles. The Kier molecular flexibility index (Phi) is 2.19. The van der Waals surface area contributed by atoms with E-state index in [1.165, 1.54) is 6.07 Å². The first kappa shape index (κ1) is 8.51. The maximum atomic E-state index is 13.1. The van der Waals surface area contributed by atoms with Crippen LogP contribution in [0.5, 0.6) is 5.75 Å². The molecule has 3 heteroatoms. The monoisotopic (exact) mass is 182 g/mol. The molecule has 0 heterocycles. The third-order valence-corrected chi connectivity index (χ3v) is 2.00. The van der Waals surface area contributed by atoms with Crippen molar-refractivity contribution in [1.29, 1.82) is 0 Å². The van der Waals surface area contributed by atoms with Crippen LogP contribution in [0.15, 0.2) is 18.2 Å². The fourth-order valence-electron chi connectivity index (χ4n) is 1.10. The number of ether oxygens (including phenoxy) is 1. The van der Waals surface area contributed by atoms with Gasteiger partial charge in [-0.1, -0.05) is 6.07 Å². The van der Waals surface area contributed by atoms with E-state index >= 15 is 0 Å². The van der Waals surface area contributed by atoms with Crippen LogP contribution in [0.1, 0.15) is 18.4 Å². The molecule has 1 aliphatic rings. The standard InChI is InChI=1S/C10H11FO2/c11-9-4-1-7(6-12)5-10(9)13-8-2-3-8/h1,4-5,8,12H,2-3,6H2. The summed E-state index contributed by atoms with van der Waals surface area (Å²) in [4.78, 5) is 0. The Hall–Kier alpha value is -1.09. The van der Waals surface area contributed by atoms with Crippen molar-refractivity contribution in [2.24, 2.45) is 0 Å². The number of hydrogen-bond donors (Lipinski definition) is 1. The normalized spacial score (nSPS) is 15.8. The first-order valence-corrected chi connectivity index (χ1v) is 4.35. The van der Waals surface area contributed by atoms with Gasteiger partial charge in [-0.15, -0.1) is 0 Å². The van der Waals surface area contributed by atoms with E-state index in [-0.39, 0.29) is 24.3 Å². The summed E-state index contributed by atoms with van der Waals surface area (Å²) in [5.41, 5.74) is 0.678. The molecule has 0 aliphatic heterocycles. The van der Waals surface area contributed by atoms with Crippen molar-refractivity contribution in [3.63, 3.8) is 0 Å². The van der Waals surface area contributed by atoms with E-state index in [4.69, 9.17) is 9.84 Å². The molecule has 0 radical (unpaired) electrons. The Balaban J connectivity index is 2.19. The SMILES string of the molecule is OCc1ccc(F)c(OC2CC2)c1. The molecule has 1 fully saturated rings. The van der Waals surface area contributed by atoms with Crippen LogP contribution < -0.4 is 4.74 Å². The maximum Gasteiger partial charge on any atom is 0.165 e. The highest BCUT2D eigenvalue weighted by atomic mass is 19.1. The minimum Gasteiger partial charge on any atom is -0.487 e. The van der Waals surface area contributed by atoms with E-state index in [2.05, 4.69) is 0 Å². The molecule has 0 unspecified atom stereocenters. The largest absolute Gasteiger partial charge is 0.487 e. The lowest BCUT2D eigenvalue weighted by Crippen LogP contribution is -1.99. The van der Waals surface area contributed by atoms with E-state index in [1.54, 1.807) is 12.1 Å². The first-order valence-electron chi connectivity index (χ1n) is 4.35. The molecule has 2 rings (SSSR count). The van der Waals surface area contributed by atoms with E-state index in [0.29, 0.717) is 5.56 Å². The second-order valence-electron chi connectivity index (χ2n) is 3.24. The Labute approximate surface area is 76.0 Å². The molecule has 70 valence electrons. The second kappa shape index (κ2) is 3.34. The van der Waals surface area contributed by atoms with Crippen molar-refractivity contribution < 1.29 is 14.2 Å². The molecule has 1 aromatic carbocycles. The van der Waals surface area contributed by atoms with Gasteiger partial charge in [-0.05, 0) is 30.5 Å². The molecule has 1 N–H and O–H groups in total. The van der Waals surface area contributed by atoms with Gasteiger partial charge < -0.3 is 9.84 Å². The number of aliphatic hydroxyl groups excluding tert-OH is 1. The van der Waals surface area contributed by atoms with Crippen molar-refractivity contribution >= 4 is 0 Å². The molecule has 2 nitrogen and oxygen atoms in total. The quantitative estimate of drug-likeness (QED) is 0.773. The smallest absolute Gasteiger partial charge is 0.165 e. The molecule has 1 aromatic rings. The summed E-state index contributed by atoms with van der Waals surface area (Å²) in [7, 11) is 0. The molecule has 0 bridgehead atoms. The zero-order valence-electron chi connectivity index (χ0n) is 7.16. The molecule has 0 saturated heterocycles. The lowest BCUT2D eigenvalue weighted by molar-refractivity contribution is 0.272. The van der Waals surface area contributed by atoms with Gasteiger partial charge in [0.1, 0.15) is 0 Å². The summed E-state index contributed by atoms with van der Waals surface area (Å²) in [5.74, 6) is -0.0989. The summed E-state index contributed by atoms with van der Waals surface area (Å²) in [6.07, 6.45) is 2.19. The van der Waals surface area contributed by atoms with E-state index in [0.717, 1.165) is 12.8 Å². The molecule has 0 atom stereocenters. The van der Waals surface area contributed by atoms with Crippen molar-refractivity contribution in [2.45, 2.75) is 25.6 Å². The molecular formula is C10H11FO2. The average molecular weight is 182 g/mol. The predicted molar refractivity (Wildman–Crippen MR) is 46.0 cm³/mol. The number of benzene rings is 1. The maximum absolute atomic E-state index is 13.1. The molecule has 0 spiro atoms. The van der Waals surface area contributed by atoms with Crippen LogP contribution in [0.4, 0.5) is 4.39 Å². The van der Waals surface area contributed by atoms with Gasteiger partial charge in [0.05, 0.1) is 12.7 Å². The van der Waals surface area contributed by atoms with Gasteiger partial charge in [0.15, 0.2) is 11.6 Å². The van der Waals surface area contributed by atoms with Crippen molar-refractivity contribution in [2.75, 3.05) is 0 Å². The van der Waals surface area contributed by atoms with Crippen molar-refractivity contribution in [3.8, 4) is 5.75 Å². The Morgan fingerprint density at radius 2 is 2.23 bits per heavy atom. The van der Waals surface area contributed by atoms with Crippen LogP contribution >= 0.6 is 0 Å². The molecular weight excluding hydrogens is 171 g/mol. The number of hydrogen-bond acceptors (Lipinski definition) is 2. The van der Waals surface area contributed by atoms with Crippen LogP contribution in [0.3, 0.4) is 0 Å². The highest BCUT2D eigenvalue weighted by Crippen LogP contribution is 2.29. The van der Waals surface area contributed by atoms with Crippen molar-refractivity contribution in [1.82, 2.24) is 0 Å². The summed E-state index contributed by atoms with van der Waals surface area (Å²) in [6, 6.07) is 4.42. The summed E-state index contributed by atoms with van der Waals surface area (Å²) in [6.45, 7) is -0.0820. The molecule has 0 aromatic heterocycles. The number of halogens is 1. The van der Waals surface area contributed by atoms with Crippen LogP contribution in [0.2, 0.25) is 0 Å². The average Bonchev–Trinajstić information content (AvgIpc) is 2.93. The lowest BCUT2D eigenvalue weighted by Gasteiger charge is -2.06. The predicted octanol–water partition coefficient (Wildman–Crippen LogP) is 1.86. The summed E-state index contributed by atoms with van der Waals surface area (Å²) < 4.78 is 18.4. The third-order valence-electron chi connectivity index (χ3n) is 2.00. The zero-order valence-corrected chi connectivity index (χ0v) is 7.16. The third kappa shape index (κ3) is 1.98. The molecule has 0 amide bonds. The van der Waals surface area contributed by atoms with Gasteiger partial charge in [0.2, 0.25) is 0 Å². The second-order valence-corrected chi connectivity index (χ2v) is 3.24. The van der Waals surface area contributed by atoms with Crippen LogP contribution in [-0.2, 0) is 6.61 Å². The van der Waals surface area contributed by atoms with E-state index in [1.807, 2.05) is 0 Å². The van der Waals surface area contributed by atoms with Crippen LogP contribution in [0, 0.1) is 5.82 Å². The fraction of sp³-hybridized carbons (Fsp3) is 0.400. The van der Waals surface area contributed by atoms with Gasteiger partial charge >= 0.3 is 0 Å². The summed E-state index contributed by atoms with van der Waals surface area (Å²) >= 11 is 0. The molecule has 13 heavy (non-hydrogen) atoms. The van der Waals surface area contributed by atoms with Gasteiger partial charge in [0, 0.05) is 0 Å². The van der Waals surface area contributed by atoms with E-state index < -0.39 is 0 Å². The summed E-state index contributed by atoms with van der Waals surface area (Å²) in [5, 5.41) is 8.82. The van der Waals surface area contributed by atoms with E-state index in [9.17, 15) is 4.39 Å². The van der Waals surface area contributed by atoms with Gasteiger partial charge in [0.25, 0.3) is 0 Å². The highest BCUT2D eigenvalue weighted by molar-refractivity contribution is 5.30. The van der Waals surface area contributed by atoms with Crippen molar-refractivity contribution in [3.05, 3.63) is 29.6 Å². The lowest BCUT2D eigenvalue weighted by atomic mass is 10.2. The Morgan fingerprint density at radius 1 is 1.46 bits per heavy atom. The first-order chi connectivity index (χ1) is 6.29. The Morgan fingerprint density at radius 3 is 2.85 bits per heavy atom. The zero-order chi connectivity index (χ0) is 9.26. The minimum absolute atomic E-state index is 0.0820. The van der Waals surface area contributed by atoms with Crippen LogP contribution in [0.25, 0.3) is 0 Å². The molecule has 1 saturated carbocycles. The minimum atomic E-state index is -0.357. The Bertz CT molecular complexity index is 308. The van der Waals surface area contributed by atoms with Gasteiger partial charge in [-0.2, -0.15) is 0 Å². The van der Waals surface area contributed by atoms with Crippen LogP contribution in [-0.4, -0.2) is 11.2 Å². The number of rotatable bonds is 3. The topological polar surface area (TPSA) is 29.5 Å².